The molecule has 0 saturated carbocycles. The minimum atomic E-state index is -0.545. The molecule has 15 heteroatoms. The van der Waals surface area contributed by atoms with Crippen LogP contribution in [0.1, 0.15) is 37.1 Å². The number of hydrogen-bond donors (Lipinski definition) is 4. The molecule has 2 aliphatic heterocycles. The molecule has 4 aromatic rings. The fraction of sp³-hybridized carbons (Fsp3) is 0.353. The first-order chi connectivity index (χ1) is 23.7. The number of amides is 2. The van der Waals surface area contributed by atoms with Crippen LogP contribution in [0, 0.1) is 5.82 Å². The van der Waals surface area contributed by atoms with Gasteiger partial charge < -0.3 is 30.7 Å². The van der Waals surface area contributed by atoms with Gasteiger partial charge in [0.25, 0.3) is 0 Å². The van der Waals surface area contributed by atoms with Gasteiger partial charge in [0.1, 0.15) is 17.2 Å². The third kappa shape index (κ3) is 7.91. The van der Waals surface area contributed by atoms with Crippen molar-refractivity contribution >= 4 is 35.0 Å². The van der Waals surface area contributed by atoms with Gasteiger partial charge in [0.2, 0.25) is 23.6 Å². The molecule has 2 aliphatic rings. The summed E-state index contributed by atoms with van der Waals surface area (Å²) in [5.41, 5.74) is 3.63. The lowest BCUT2D eigenvalue weighted by molar-refractivity contribution is -0.120. The second kappa shape index (κ2) is 15.4. The number of nitrogens with one attached hydrogen (secondary N) is 4. The van der Waals surface area contributed by atoms with Gasteiger partial charge in [-0.25, -0.2) is 14.4 Å². The Morgan fingerprint density at radius 2 is 1.27 bits per heavy atom. The van der Waals surface area contributed by atoms with Crippen LogP contribution in [-0.2, 0) is 22.7 Å². The third-order valence-electron chi connectivity index (χ3n) is 8.42. The highest BCUT2D eigenvalue weighted by molar-refractivity contribution is 6.39. The Kier molecular flexibility index (Phi) is 10.8. The monoisotopic (exact) mass is 708 g/mol. The van der Waals surface area contributed by atoms with Gasteiger partial charge in [-0.1, -0.05) is 41.4 Å². The minimum Gasteiger partial charge on any atom is -0.480 e. The number of rotatable bonds is 13. The molecule has 2 aromatic carbocycles. The molecule has 2 saturated heterocycles. The maximum atomic E-state index is 15.2. The maximum absolute atomic E-state index is 15.2. The Balaban J connectivity index is 1.23. The van der Waals surface area contributed by atoms with Crippen molar-refractivity contribution in [1.29, 1.82) is 0 Å². The van der Waals surface area contributed by atoms with E-state index in [-0.39, 0.29) is 34.8 Å². The van der Waals surface area contributed by atoms with Crippen LogP contribution in [0.15, 0.2) is 42.7 Å². The number of nitrogens with zero attached hydrogens (tertiary/aromatic N) is 4. The van der Waals surface area contributed by atoms with Crippen LogP contribution in [0.25, 0.3) is 33.6 Å². The molecule has 256 valence electrons. The molecular formula is C34H35Cl2FN8O4. The van der Waals surface area contributed by atoms with Crippen LogP contribution in [0.5, 0.6) is 11.8 Å². The van der Waals surface area contributed by atoms with E-state index in [4.69, 9.17) is 32.7 Å². The average Bonchev–Trinajstić information content (AvgIpc) is 3.72. The van der Waals surface area contributed by atoms with E-state index >= 15 is 4.39 Å². The highest BCUT2D eigenvalue weighted by Gasteiger charge is 2.23. The molecule has 2 aromatic heterocycles. The van der Waals surface area contributed by atoms with Crippen LogP contribution in [0.3, 0.4) is 0 Å². The van der Waals surface area contributed by atoms with Gasteiger partial charge in [0.15, 0.2) is 0 Å². The fourth-order valence-electron chi connectivity index (χ4n) is 5.92. The van der Waals surface area contributed by atoms with Crippen molar-refractivity contribution < 1.29 is 23.5 Å². The number of hydrogen-bond acceptors (Lipinski definition) is 10. The van der Waals surface area contributed by atoms with Crippen molar-refractivity contribution in [2.24, 2.45) is 0 Å². The number of ether oxygens (including phenoxy) is 2. The number of methoxy groups -OCH3 is 2. The largest absolute Gasteiger partial charge is 0.480 e. The van der Waals surface area contributed by atoms with E-state index in [0.717, 1.165) is 12.8 Å². The Morgan fingerprint density at radius 3 is 1.78 bits per heavy atom. The third-order valence-corrected chi connectivity index (χ3v) is 9.24. The molecule has 0 radical (unpaired) electrons. The zero-order chi connectivity index (χ0) is 34.5. The Labute approximate surface area is 292 Å². The number of benzene rings is 2. The van der Waals surface area contributed by atoms with Crippen molar-refractivity contribution in [2.75, 3.05) is 27.3 Å². The molecule has 4 N–H and O–H groups in total. The standard InChI is InChI=1S/C34H35Cl2FN8O4/c1-48-33-27(14-38-12-19-6-8-29(46)42-19)40-16-25(44-33)22-5-3-4-21(31(22)35)23-10-18(37)11-24(32(23)36)26-17-41-28(34(45-26)49-2)15-39-13-20-7-9-30(47)43-20/h3-5,10-11,16-17,19-20,38-39H,6-9,12-15H2,1-2H3,(H,42,46)(H,43,47)/t19-,20-/m0/s1. The summed E-state index contributed by atoms with van der Waals surface area (Å²) in [6, 6.07) is 8.06. The molecule has 49 heavy (non-hydrogen) atoms. The summed E-state index contributed by atoms with van der Waals surface area (Å²) >= 11 is 13.9. The van der Waals surface area contributed by atoms with E-state index in [1.165, 1.54) is 32.5 Å². The predicted octanol–water partition coefficient (Wildman–Crippen LogP) is 4.47. The molecule has 0 unspecified atom stereocenters. The quantitative estimate of drug-likeness (QED) is 0.157. The summed E-state index contributed by atoms with van der Waals surface area (Å²) in [4.78, 5) is 41.3. The van der Waals surface area contributed by atoms with E-state index in [1.54, 1.807) is 24.4 Å². The summed E-state index contributed by atoms with van der Waals surface area (Å²) in [6.07, 6.45) is 5.73. The van der Waals surface area contributed by atoms with Gasteiger partial charge in [-0.05, 0) is 25.0 Å². The lowest BCUT2D eigenvalue weighted by Gasteiger charge is -2.16. The molecule has 0 bridgehead atoms. The molecule has 0 spiro atoms. The van der Waals surface area contributed by atoms with Gasteiger partial charge in [0.05, 0.1) is 48.0 Å². The Morgan fingerprint density at radius 1 is 0.776 bits per heavy atom. The molecule has 12 nitrogen and oxygen atoms in total. The zero-order valence-corrected chi connectivity index (χ0v) is 28.4. The van der Waals surface area contributed by atoms with Gasteiger partial charge in [-0.15, -0.1) is 0 Å². The summed E-state index contributed by atoms with van der Waals surface area (Å²) in [7, 11) is 3.00. The highest BCUT2D eigenvalue weighted by atomic mass is 35.5. The maximum Gasteiger partial charge on any atom is 0.237 e. The summed E-state index contributed by atoms with van der Waals surface area (Å²) in [5.74, 6) is 0.150. The van der Waals surface area contributed by atoms with Crippen LogP contribution >= 0.6 is 23.2 Å². The summed E-state index contributed by atoms with van der Waals surface area (Å²) < 4.78 is 26.3. The molecule has 4 heterocycles. The first-order valence-electron chi connectivity index (χ1n) is 15.8. The van der Waals surface area contributed by atoms with Gasteiger partial charge in [-0.3, -0.25) is 19.6 Å². The topological polar surface area (TPSA) is 152 Å². The van der Waals surface area contributed by atoms with E-state index in [9.17, 15) is 9.59 Å². The molecule has 6 rings (SSSR count). The number of carbonyl (C=O) groups is 2. The second-order valence-electron chi connectivity index (χ2n) is 11.8. The van der Waals surface area contributed by atoms with E-state index in [2.05, 4.69) is 41.2 Å². The van der Waals surface area contributed by atoms with Gasteiger partial charge >= 0.3 is 0 Å². The van der Waals surface area contributed by atoms with E-state index in [1.807, 2.05) is 0 Å². The SMILES string of the molecule is COc1nc(-c2cccc(-c3cc(F)cc(-c4cnc(CNC[C@@H]5CCC(=O)N5)c(OC)n4)c3Cl)c2Cl)cnc1CNC[C@@H]1CCC(=O)N1. The summed E-state index contributed by atoms with van der Waals surface area (Å²) in [6.45, 7) is 1.94. The van der Waals surface area contributed by atoms with Gasteiger partial charge in [0, 0.05) is 73.4 Å². The number of carbonyl (C=O) groups excluding carboxylic acids is 2. The summed E-state index contributed by atoms with van der Waals surface area (Å²) in [5, 5.41) is 12.9. The van der Waals surface area contributed by atoms with Crippen molar-refractivity contribution in [3.63, 3.8) is 0 Å². The second-order valence-corrected chi connectivity index (χ2v) is 12.5. The fourth-order valence-corrected chi connectivity index (χ4v) is 6.56. The van der Waals surface area contributed by atoms with Crippen LogP contribution in [0.2, 0.25) is 10.0 Å². The van der Waals surface area contributed by atoms with Crippen molar-refractivity contribution in [1.82, 2.24) is 41.2 Å². The van der Waals surface area contributed by atoms with Crippen LogP contribution in [0.4, 0.5) is 4.39 Å². The lowest BCUT2D eigenvalue weighted by atomic mass is 9.98. The highest BCUT2D eigenvalue weighted by Crippen LogP contribution is 2.42. The first kappa shape index (κ1) is 34.4. The molecule has 2 amide bonds. The molecular weight excluding hydrogens is 674 g/mol. The van der Waals surface area contributed by atoms with Gasteiger partial charge in [-0.2, -0.15) is 0 Å². The number of halogens is 3. The van der Waals surface area contributed by atoms with Crippen molar-refractivity contribution in [3.05, 3.63) is 70.0 Å². The Bertz CT molecular complexity index is 1880. The number of aromatic nitrogens is 4. The smallest absolute Gasteiger partial charge is 0.237 e. The van der Waals surface area contributed by atoms with Crippen molar-refractivity contribution in [2.45, 2.75) is 50.9 Å². The minimum absolute atomic E-state index is 0.0495. The normalized spacial score (nSPS) is 17.2. The first-order valence-corrected chi connectivity index (χ1v) is 16.6. The molecule has 2 fully saturated rings. The molecule has 2 atom stereocenters. The van der Waals surface area contributed by atoms with E-state index < -0.39 is 5.82 Å². The van der Waals surface area contributed by atoms with E-state index in [0.29, 0.717) is 95.0 Å². The van der Waals surface area contributed by atoms with Crippen LogP contribution < -0.4 is 30.7 Å². The predicted molar refractivity (Wildman–Crippen MR) is 183 cm³/mol. The molecule has 0 aliphatic carbocycles. The van der Waals surface area contributed by atoms with Crippen molar-refractivity contribution in [3.8, 4) is 45.4 Å². The average molecular weight is 710 g/mol. The van der Waals surface area contributed by atoms with Crippen LogP contribution in [-0.4, -0.2) is 71.1 Å². The zero-order valence-electron chi connectivity index (χ0n) is 26.9. The Hall–Kier alpha value is -4.43. The lowest BCUT2D eigenvalue weighted by Crippen LogP contribution is -2.35.